The Kier molecular flexibility index (Phi) is 2.81. The third-order valence-corrected chi connectivity index (χ3v) is 1.88. The Bertz CT molecular complexity index is 350. The lowest BCUT2D eigenvalue weighted by molar-refractivity contribution is -0.138. The van der Waals surface area contributed by atoms with Gasteiger partial charge in [0, 0.05) is 6.20 Å². The van der Waals surface area contributed by atoms with Crippen LogP contribution in [0, 0.1) is 6.92 Å². The van der Waals surface area contributed by atoms with E-state index in [-0.39, 0.29) is 6.42 Å². The number of aromatic nitrogens is 2. The molecule has 0 bridgehead atoms. The first kappa shape index (κ1) is 10.6. The van der Waals surface area contributed by atoms with Gasteiger partial charge < -0.3 is 10.8 Å². The van der Waals surface area contributed by atoms with Crippen molar-refractivity contribution >= 4 is 5.97 Å². The first-order valence-electron chi connectivity index (χ1n) is 4.22. The first-order valence-corrected chi connectivity index (χ1v) is 4.22. The zero-order valence-corrected chi connectivity index (χ0v) is 8.19. The van der Waals surface area contributed by atoms with Gasteiger partial charge in [0.15, 0.2) is 0 Å². The van der Waals surface area contributed by atoms with Gasteiger partial charge in [-0.15, -0.1) is 0 Å². The molecule has 0 aliphatic rings. The molecule has 1 atom stereocenters. The van der Waals surface area contributed by atoms with Crippen molar-refractivity contribution in [1.29, 1.82) is 0 Å². The van der Waals surface area contributed by atoms with Gasteiger partial charge in [-0.2, -0.15) is 0 Å². The number of aryl methyl sites for hydroxylation is 1. The fraction of sp³-hybridized carbons (Fsp3) is 0.444. The third-order valence-electron chi connectivity index (χ3n) is 1.88. The number of aliphatic carboxylic acids is 1. The summed E-state index contributed by atoms with van der Waals surface area (Å²) in [7, 11) is 0. The summed E-state index contributed by atoms with van der Waals surface area (Å²) in [5, 5.41) is 8.66. The van der Waals surface area contributed by atoms with Crippen LogP contribution in [0.15, 0.2) is 12.3 Å². The van der Waals surface area contributed by atoms with Gasteiger partial charge >= 0.3 is 5.97 Å². The number of carboxylic acids is 1. The summed E-state index contributed by atoms with van der Waals surface area (Å²) >= 11 is 0. The van der Waals surface area contributed by atoms with Crippen molar-refractivity contribution in [2.24, 2.45) is 5.73 Å². The van der Waals surface area contributed by atoms with Gasteiger partial charge in [0.25, 0.3) is 0 Å². The molecule has 0 aromatic carbocycles. The predicted octanol–water partition coefficient (Wildman–Crippen LogP) is 0.434. The van der Waals surface area contributed by atoms with E-state index in [0.29, 0.717) is 11.5 Å². The zero-order valence-electron chi connectivity index (χ0n) is 8.19. The molecular weight excluding hydrogens is 182 g/mol. The number of rotatable bonds is 3. The molecule has 0 amide bonds. The van der Waals surface area contributed by atoms with Crippen LogP contribution in [-0.2, 0) is 10.3 Å². The van der Waals surface area contributed by atoms with Crippen molar-refractivity contribution < 1.29 is 9.90 Å². The molecule has 1 rings (SSSR count). The van der Waals surface area contributed by atoms with Crippen LogP contribution in [-0.4, -0.2) is 21.0 Å². The van der Waals surface area contributed by atoms with Gasteiger partial charge in [0.1, 0.15) is 5.82 Å². The van der Waals surface area contributed by atoms with Gasteiger partial charge in [-0.25, -0.2) is 9.97 Å². The molecule has 76 valence electrons. The lowest BCUT2D eigenvalue weighted by Crippen LogP contribution is -2.36. The van der Waals surface area contributed by atoms with E-state index in [2.05, 4.69) is 9.97 Å². The van der Waals surface area contributed by atoms with Gasteiger partial charge in [0.2, 0.25) is 0 Å². The standard InChI is InChI=1S/C9H13N3O2/c1-6-11-4-3-7(12-6)9(2,10)5-8(13)14/h3-4H,5,10H2,1-2H3,(H,13,14)/t9-/m0/s1. The maximum atomic E-state index is 10.5. The molecule has 0 spiro atoms. The van der Waals surface area contributed by atoms with Crippen molar-refractivity contribution in [3.05, 3.63) is 23.8 Å². The monoisotopic (exact) mass is 195 g/mol. The summed E-state index contributed by atoms with van der Waals surface area (Å²) in [6.07, 6.45) is 1.42. The Morgan fingerprint density at radius 1 is 1.71 bits per heavy atom. The Morgan fingerprint density at radius 2 is 2.36 bits per heavy atom. The summed E-state index contributed by atoms with van der Waals surface area (Å²) in [5.41, 5.74) is 5.44. The third kappa shape index (κ3) is 2.50. The normalized spacial score (nSPS) is 14.8. The van der Waals surface area contributed by atoms with Crippen LogP contribution in [0.25, 0.3) is 0 Å². The molecule has 5 nitrogen and oxygen atoms in total. The van der Waals surface area contributed by atoms with Crippen LogP contribution in [0.4, 0.5) is 0 Å². The van der Waals surface area contributed by atoms with E-state index >= 15 is 0 Å². The highest BCUT2D eigenvalue weighted by molar-refractivity contribution is 5.68. The molecule has 0 fully saturated rings. The Labute approximate surface area is 82.0 Å². The highest BCUT2D eigenvalue weighted by Crippen LogP contribution is 2.18. The van der Waals surface area contributed by atoms with Gasteiger partial charge in [-0.1, -0.05) is 0 Å². The molecule has 5 heteroatoms. The average molecular weight is 195 g/mol. The summed E-state index contributed by atoms with van der Waals surface area (Å²) in [6.45, 7) is 3.38. The highest BCUT2D eigenvalue weighted by Gasteiger charge is 2.26. The molecule has 0 aliphatic heterocycles. The predicted molar refractivity (Wildman–Crippen MR) is 50.6 cm³/mol. The maximum absolute atomic E-state index is 10.5. The molecule has 0 aliphatic carbocycles. The number of carboxylic acid groups (broad SMARTS) is 1. The number of carbonyl (C=O) groups is 1. The van der Waals surface area contributed by atoms with E-state index in [0.717, 1.165) is 0 Å². The molecule has 1 aromatic heterocycles. The lowest BCUT2D eigenvalue weighted by Gasteiger charge is -2.21. The van der Waals surface area contributed by atoms with Crippen LogP contribution in [0.3, 0.4) is 0 Å². The van der Waals surface area contributed by atoms with Crippen molar-refractivity contribution in [2.75, 3.05) is 0 Å². The average Bonchev–Trinajstić information content (AvgIpc) is 2.01. The van der Waals surface area contributed by atoms with E-state index in [1.807, 2.05) is 0 Å². The van der Waals surface area contributed by atoms with Crippen molar-refractivity contribution in [2.45, 2.75) is 25.8 Å². The first-order chi connectivity index (χ1) is 6.42. The zero-order chi connectivity index (χ0) is 10.8. The molecule has 3 N–H and O–H groups in total. The van der Waals surface area contributed by atoms with Crippen LogP contribution in [0.5, 0.6) is 0 Å². The minimum absolute atomic E-state index is 0.149. The second-order valence-electron chi connectivity index (χ2n) is 3.48. The summed E-state index contributed by atoms with van der Waals surface area (Å²) < 4.78 is 0. The van der Waals surface area contributed by atoms with E-state index in [9.17, 15) is 4.79 Å². The molecular formula is C9H13N3O2. The summed E-state index contributed by atoms with van der Waals surface area (Å²) in [6, 6.07) is 1.63. The molecule has 0 saturated heterocycles. The smallest absolute Gasteiger partial charge is 0.305 e. The van der Waals surface area contributed by atoms with Crippen molar-refractivity contribution in [3.63, 3.8) is 0 Å². The van der Waals surface area contributed by atoms with Crippen LogP contribution < -0.4 is 5.73 Å². The minimum Gasteiger partial charge on any atom is -0.481 e. The molecule has 0 unspecified atom stereocenters. The molecule has 1 aromatic rings. The molecule has 0 radical (unpaired) electrons. The summed E-state index contributed by atoms with van der Waals surface area (Å²) in [5.74, 6) is -0.351. The van der Waals surface area contributed by atoms with Crippen molar-refractivity contribution in [1.82, 2.24) is 9.97 Å². The lowest BCUT2D eigenvalue weighted by atomic mass is 9.95. The highest BCUT2D eigenvalue weighted by atomic mass is 16.4. The van der Waals surface area contributed by atoms with Crippen LogP contribution >= 0.6 is 0 Å². The maximum Gasteiger partial charge on any atom is 0.305 e. The molecule has 0 saturated carbocycles. The Balaban J connectivity index is 2.97. The van der Waals surface area contributed by atoms with E-state index in [4.69, 9.17) is 10.8 Å². The van der Waals surface area contributed by atoms with Crippen molar-refractivity contribution in [3.8, 4) is 0 Å². The fourth-order valence-corrected chi connectivity index (χ4v) is 1.18. The number of hydrogen-bond acceptors (Lipinski definition) is 4. The topological polar surface area (TPSA) is 89.1 Å². The number of hydrogen-bond donors (Lipinski definition) is 2. The Morgan fingerprint density at radius 3 is 2.86 bits per heavy atom. The Hall–Kier alpha value is -1.49. The van der Waals surface area contributed by atoms with Gasteiger partial charge in [-0.3, -0.25) is 4.79 Å². The minimum atomic E-state index is -0.945. The molecule has 1 heterocycles. The fourth-order valence-electron chi connectivity index (χ4n) is 1.18. The SMILES string of the molecule is Cc1nccc([C@@](C)(N)CC(=O)O)n1. The largest absolute Gasteiger partial charge is 0.481 e. The van der Waals surface area contributed by atoms with Crippen LogP contribution in [0.1, 0.15) is 24.9 Å². The second kappa shape index (κ2) is 3.71. The quantitative estimate of drug-likeness (QED) is 0.730. The number of nitrogens with two attached hydrogens (primary N) is 1. The van der Waals surface area contributed by atoms with Gasteiger partial charge in [-0.05, 0) is 19.9 Å². The van der Waals surface area contributed by atoms with E-state index in [1.165, 1.54) is 0 Å². The van der Waals surface area contributed by atoms with Gasteiger partial charge in [0.05, 0.1) is 17.7 Å². The van der Waals surface area contributed by atoms with E-state index < -0.39 is 11.5 Å². The number of nitrogens with zero attached hydrogens (tertiary/aromatic N) is 2. The van der Waals surface area contributed by atoms with E-state index in [1.54, 1.807) is 26.1 Å². The molecule has 14 heavy (non-hydrogen) atoms. The summed E-state index contributed by atoms with van der Waals surface area (Å²) in [4.78, 5) is 18.6. The van der Waals surface area contributed by atoms with Crippen LogP contribution in [0.2, 0.25) is 0 Å². The second-order valence-corrected chi connectivity index (χ2v) is 3.48.